The zero-order chi connectivity index (χ0) is 20.5. The van der Waals surface area contributed by atoms with Gasteiger partial charge in [0.2, 0.25) is 5.88 Å². The van der Waals surface area contributed by atoms with Crippen LogP contribution in [0, 0.1) is 0 Å². The zero-order valence-electron chi connectivity index (χ0n) is 14.6. The Bertz CT molecular complexity index is 914. The molecule has 0 saturated carbocycles. The molecule has 1 aromatic rings. The standard InChI is InChI=1S/C15H15N5O6S3/c16-14-17-7(5-29-14)9(19-26-6-3-27-4-6)11(21)18-10-12(22)20-8(25-15(23)24)1-2-28-13(10)20/h1,5-6,10,13H,2-4H2,(H2,16,17)(H,18,21)(H,23,24)/t10?,13-/m0/s1. The normalized spacial score (nSPS) is 24.0. The largest absolute Gasteiger partial charge is 0.512 e. The van der Waals surface area contributed by atoms with Crippen molar-refractivity contribution in [3.8, 4) is 0 Å². The van der Waals surface area contributed by atoms with E-state index in [2.05, 4.69) is 20.2 Å². The number of nitrogens with one attached hydrogen (secondary N) is 1. The van der Waals surface area contributed by atoms with E-state index in [4.69, 9.17) is 15.7 Å². The molecule has 0 aromatic carbocycles. The smallest absolute Gasteiger partial charge is 0.449 e. The summed E-state index contributed by atoms with van der Waals surface area (Å²) in [6, 6.07) is -0.853. The quantitative estimate of drug-likeness (QED) is 0.238. The molecule has 3 aliphatic rings. The molecule has 14 heteroatoms. The highest BCUT2D eigenvalue weighted by Crippen LogP contribution is 2.37. The van der Waals surface area contributed by atoms with E-state index in [1.165, 1.54) is 22.7 Å². The average Bonchev–Trinajstić information content (AvgIpc) is 3.06. The summed E-state index contributed by atoms with van der Waals surface area (Å²) in [5, 5.41) is 16.8. The lowest BCUT2D eigenvalue weighted by Gasteiger charge is -2.47. The van der Waals surface area contributed by atoms with Gasteiger partial charge in [0.25, 0.3) is 11.8 Å². The monoisotopic (exact) mass is 457 g/mol. The van der Waals surface area contributed by atoms with Crippen LogP contribution in [-0.2, 0) is 19.2 Å². The summed E-state index contributed by atoms with van der Waals surface area (Å²) < 4.78 is 4.64. The van der Waals surface area contributed by atoms with E-state index >= 15 is 0 Å². The number of rotatable bonds is 6. The molecule has 2 fully saturated rings. The van der Waals surface area contributed by atoms with Crippen LogP contribution in [0.15, 0.2) is 22.5 Å². The second kappa shape index (κ2) is 8.12. The summed E-state index contributed by atoms with van der Waals surface area (Å²) in [5.41, 5.74) is 5.84. The molecule has 0 bridgehead atoms. The molecule has 0 aliphatic carbocycles. The maximum absolute atomic E-state index is 12.8. The highest BCUT2D eigenvalue weighted by Gasteiger charge is 2.53. The summed E-state index contributed by atoms with van der Waals surface area (Å²) >= 11 is 4.23. The summed E-state index contributed by atoms with van der Waals surface area (Å²) in [4.78, 5) is 46.8. The fraction of sp³-hybridized carbons (Fsp3) is 0.400. The number of β-lactam (4-membered cyclic amide) rings is 1. The summed E-state index contributed by atoms with van der Waals surface area (Å²) in [7, 11) is 0. The molecule has 4 rings (SSSR count). The number of nitrogen functional groups attached to an aromatic ring is 1. The van der Waals surface area contributed by atoms with E-state index in [0.717, 1.165) is 22.8 Å². The van der Waals surface area contributed by atoms with Gasteiger partial charge in [-0.3, -0.25) is 14.5 Å². The number of anilines is 1. The lowest BCUT2D eigenvalue weighted by atomic mass is 10.1. The molecule has 1 unspecified atom stereocenters. The van der Waals surface area contributed by atoms with Crippen molar-refractivity contribution in [2.75, 3.05) is 23.0 Å². The van der Waals surface area contributed by atoms with Crippen LogP contribution >= 0.6 is 34.9 Å². The lowest BCUT2D eigenvalue weighted by Crippen LogP contribution is -2.70. The highest BCUT2D eigenvalue weighted by molar-refractivity contribution is 8.00. The number of hydrogen-bond acceptors (Lipinski definition) is 11. The number of ether oxygens (including phenoxy) is 1. The number of thiazole rings is 1. The van der Waals surface area contributed by atoms with Gasteiger partial charge < -0.3 is 25.7 Å². The van der Waals surface area contributed by atoms with Gasteiger partial charge in [-0.25, -0.2) is 9.78 Å². The number of nitrogens with zero attached hydrogens (tertiary/aromatic N) is 3. The molecule has 0 radical (unpaired) electrons. The van der Waals surface area contributed by atoms with Crippen molar-refractivity contribution in [1.82, 2.24) is 15.2 Å². The Balaban J connectivity index is 1.47. The average molecular weight is 458 g/mol. The second-order valence-corrected chi connectivity index (χ2v) is 9.18. The Kier molecular flexibility index (Phi) is 5.56. The predicted molar refractivity (Wildman–Crippen MR) is 107 cm³/mol. The molecule has 4 N–H and O–H groups in total. The number of oxime groups is 1. The first-order valence-corrected chi connectivity index (χ1v) is 11.4. The fourth-order valence-electron chi connectivity index (χ4n) is 2.71. The first-order chi connectivity index (χ1) is 13.9. The third-order valence-corrected chi connectivity index (χ3v) is 7.24. The maximum Gasteiger partial charge on any atom is 0.512 e. The topological polar surface area (TPSA) is 156 Å². The molecular formula is C15H15N5O6S3. The van der Waals surface area contributed by atoms with Gasteiger partial charge in [-0.2, -0.15) is 11.8 Å². The first-order valence-electron chi connectivity index (χ1n) is 8.33. The molecule has 11 nitrogen and oxygen atoms in total. The van der Waals surface area contributed by atoms with E-state index in [-0.39, 0.29) is 28.5 Å². The molecule has 2 amide bonds. The van der Waals surface area contributed by atoms with Gasteiger partial charge in [-0.1, -0.05) is 5.16 Å². The van der Waals surface area contributed by atoms with Crippen molar-refractivity contribution in [3.63, 3.8) is 0 Å². The molecular weight excluding hydrogens is 442 g/mol. The number of nitrogens with two attached hydrogens (primary N) is 1. The fourth-order valence-corrected chi connectivity index (χ4v) is 4.98. The van der Waals surface area contributed by atoms with Crippen LogP contribution in [0.25, 0.3) is 0 Å². The van der Waals surface area contributed by atoms with Crippen molar-refractivity contribution in [1.29, 1.82) is 0 Å². The minimum atomic E-state index is -1.51. The minimum absolute atomic E-state index is 0.0521. The van der Waals surface area contributed by atoms with E-state index in [0.29, 0.717) is 5.75 Å². The Hall–Kier alpha value is -2.45. The van der Waals surface area contributed by atoms with Gasteiger partial charge in [-0.15, -0.1) is 23.1 Å². The Morgan fingerprint density at radius 2 is 2.21 bits per heavy atom. The maximum atomic E-state index is 12.8. The van der Waals surface area contributed by atoms with Crippen LogP contribution in [0.2, 0.25) is 0 Å². The van der Waals surface area contributed by atoms with Gasteiger partial charge >= 0.3 is 6.16 Å². The molecule has 29 heavy (non-hydrogen) atoms. The Labute approximate surface area is 176 Å². The summed E-state index contributed by atoms with van der Waals surface area (Å²) in [6.45, 7) is 0. The van der Waals surface area contributed by atoms with Gasteiger partial charge in [0.1, 0.15) is 23.2 Å². The molecule has 1 aromatic heterocycles. The molecule has 0 spiro atoms. The summed E-state index contributed by atoms with van der Waals surface area (Å²) in [6.07, 6.45) is -0.0842. The van der Waals surface area contributed by atoms with E-state index in [9.17, 15) is 14.4 Å². The highest BCUT2D eigenvalue weighted by atomic mass is 32.2. The van der Waals surface area contributed by atoms with Crippen LogP contribution in [0.4, 0.5) is 9.93 Å². The predicted octanol–water partition coefficient (Wildman–Crippen LogP) is 0.497. The van der Waals surface area contributed by atoms with E-state index in [1.807, 2.05) is 0 Å². The van der Waals surface area contributed by atoms with Crippen molar-refractivity contribution >= 4 is 63.7 Å². The van der Waals surface area contributed by atoms with Crippen LogP contribution in [0.1, 0.15) is 5.69 Å². The molecule has 2 atom stereocenters. The van der Waals surface area contributed by atoms with Crippen LogP contribution in [0.5, 0.6) is 0 Å². The number of carboxylic acid groups (broad SMARTS) is 1. The minimum Gasteiger partial charge on any atom is -0.449 e. The van der Waals surface area contributed by atoms with Gasteiger partial charge in [-0.05, 0) is 6.08 Å². The number of carbonyl (C=O) groups is 3. The number of hydrogen-bond donors (Lipinski definition) is 3. The van der Waals surface area contributed by atoms with Gasteiger partial charge in [0.05, 0.1) is 0 Å². The molecule has 154 valence electrons. The van der Waals surface area contributed by atoms with E-state index < -0.39 is 29.4 Å². The SMILES string of the molecule is Nc1nc(C(=NOC2CSC2)C(=O)NC2C(=O)N3C(OC(=O)O)=CCS[C@@H]23)cs1. The molecule has 2 saturated heterocycles. The third-order valence-electron chi connectivity index (χ3n) is 4.16. The van der Waals surface area contributed by atoms with Crippen LogP contribution in [-0.4, -0.2) is 73.5 Å². The van der Waals surface area contributed by atoms with Gasteiger partial charge in [0.15, 0.2) is 10.8 Å². The van der Waals surface area contributed by atoms with Crippen LogP contribution < -0.4 is 11.1 Å². The molecule has 3 aliphatic heterocycles. The van der Waals surface area contributed by atoms with Crippen molar-refractivity contribution in [2.24, 2.45) is 5.16 Å². The van der Waals surface area contributed by atoms with Crippen molar-refractivity contribution in [3.05, 3.63) is 23.0 Å². The van der Waals surface area contributed by atoms with E-state index in [1.54, 1.807) is 17.1 Å². The number of carbonyl (C=O) groups excluding carboxylic acids is 2. The Morgan fingerprint density at radius 1 is 1.41 bits per heavy atom. The third kappa shape index (κ3) is 4.00. The zero-order valence-corrected chi connectivity index (χ0v) is 17.1. The summed E-state index contributed by atoms with van der Waals surface area (Å²) in [5.74, 6) is 0.849. The van der Waals surface area contributed by atoms with Crippen molar-refractivity contribution in [2.45, 2.75) is 17.5 Å². The first kappa shape index (κ1) is 19.8. The number of amides is 2. The second-order valence-electron chi connectivity index (χ2n) is 6.07. The number of fused-ring (bicyclic) bond motifs is 1. The number of thioether (sulfide) groups is 2. The van der Waals surface area contributed by atoms with Crippen molar-refractivity contribution < 1.29 is 29.1 Å². The lowest BCUT2D eigenvalue weighted by molar-refractivity contribution is -0.148. The Morgan fingerprint density at radius 3 is 2.83 bits per heavy atom. The van der Waals surface area contributed by atoms with Gasteiger partial charge in [0, 0.05) is 22.6 Å². The number of aromatic nitrogens is 1. The molecule has 4 heterocycles. The van der Waals surface area contributed by atoms with Crippen LogP contribution in [0.3, 0.4) is 0 Å².